The van der Waals surface area contributed by atoms with Crippen LogP contribution in [0.5, 0.6) is 0 Å². The normalized spacial score (nSPS) is 25.4. The summed E-state index contributed by atoms with van der Waals surface area (Å²) in [5.41, 5.74) is 2.84. The van der Waals surface area contributed by atoms with E-state index in [-0.39, 0.29) is 6.61 Å². The zero-order valence-corrected chi connectivity index (χ0v) is 10.8. The van der Waals surface area contributed by atoms with Gasteiger partial charge in [-0.2, -0.15) is 0 Å². The molecule has 2 heteroatoms. The van der Waals surface area contributed by atoms with E-state index in [9.17, 15) is 0 Å². The molecule has 1 aromatic rings. The van der Waals surface area contributed by atoms with Gasteiger partial charge in [0.25, 0.3) is 0 Å². The van der Waals surface area contributed by atoms with Crippen LogP contribution in [-0.2, 0) is 0 Å². The van der Waals surface area contributed by atoms with Gasteiger partial charge in [0.15, 0.2) is 0 Å². The van der Waals surface area contributed by atoms with E-state index in [1.54, 1.807) is 0 Å². The van der Waals surface area contributed by atoms with E-state index in [2.05, 4.69) is 43.4 Å². The Hall–Kier alpha value is -0.860. The first-order chi connectivity index (χ1) is 8.19. The Balaban J connectivity index is 1.75. The highest BCUT2D eigenvalue weighted by atomic mass is 16.3. The Kier molecular flexibility index (Phi) is 4.19. The van der Waals surface area contributed by atoms with E-state index in [1.807, 2.05) is 0 Å². The second-order valence-electron chi connectivity index (χ2n) is 5.48. The van der Waals surface area contributed by atoms with E-state index in [0.717, 1.165) is 12.5 Å². The van der Waals surface area contributed by atoms with Crippen molar-refractivity contribution in [2.24, 2.45) is 5.92 Å². The molecule has 94 valence electrons. The Bertz CT molecular complexity index is 358. The number of aryl methyl sites for hydroxylation is 1. The molecule has 0 spiro atoms. The number of hydrogen-bond donors (Lipinski definition) is 2. The molecule has 0 aromatic heterocycles. The lowest BCUT2D eigenvalue weighted by Crippen LogP contribution is -2.42. The third kappa shape index (κ3) is 3.30. The van der Waals surface area contributed by atoms with Crippen LogP contribution in [0.15, 0.2) is 24.3 Å². The summed E-state index contributed by atoms with van der Waals surface area (Å²) in [6.07, 6.45) is 2.48. The first-order valence-electron chi connectivity index (χ1n) is 6.60. The number of aliphatic hydroxyl groups is 1. The molecule has 2 rings (SSSR count). The van der Waals surface area contributed by atoms with Crippen LogP contribution in [0.4, 0.5) is 0 Å². The molecule has 1 saturated carbocycles. The van der Waals surface area contributed by atoms with Gasteiger partial charge in [-0.3, -0.25) is 0 Å². The Morgan fingerprint density at radius 3 is 2.82 bits per heavy atom. The van der Waals surface area contributed by atoms with Gasteiger partial charge in [0.1, 0.15) is 0 Å². The van der Waals surface area contributed by atoms with E-state index in [4.69, 9.17) is 5.11 Å². The molecule has 0 saturated heterocycles. The van der Waals surface area contributed by atoms with Crippen LogP contribution >= 0.6 is 0 Å². The van der Waals surface area contributed by atoms with Gasteiger partial charge in [-0.05, 0) is 37.2 Å². The first-order valence-corrected chi connectivity index (χ1v) is 6.60. The summed E-state index contributed by atoms with van der Waals surface area (Å²) >= 11 is 0. The number of nitrogens with one attached hydrogen (secondary N) is 1. The minimum atomic E-state index is 0.279. The number of rotatable bonds is 5. The largest absolute Gasteiger partial charge is 0.396 e. The lowest BCUT2D eigenvalue weighted by atomic mass is 9.75. The molecule has 0 heterocycles. The molecule has 1 atom stereocenters. The van der Waals surface area contributed by atoms with Gasteiger partial charge in [-0.15, -0.1) is 0 Å². The van der Waals surface area contributed by atoms with Crippen LogP contribution in [0.3, 0.4) is 0 Å². The van der Waals surface area contributed by atoms with Crippen molar-refractivity contribution in [2.75, 3.05) is 13.2 Å². The van der Waals surface area contributed by atoms with Crippen molar-refractivity contribution < 1.29 is 5.11 Å². The van der Waals surface area contributed by atoms with E-state index < -0.39 is 0 Å². The van der Waals surface area contributed by atoms with Crippen LogP contribution in [-0.4, -0.2) is 24.3 Å². The molecule has 2 N–H and O–H groups in total. The maximum absolute atomic E-state index is 8.96. The molecule has 0 aliphatic heterocycles. The lowest BCUT2D eigenvalue weighted by molar-refractivity contribution is 0.213. The van der Waals surface area contributed by atoms with Gasteiger partial charge < -0.3 is 10.4 Å². The smallest absolute Gasteiger partial charge is 0.0468 e. The quantitative estimate of drug-likeness (QED) is 0.819. The maximum Gasteiger partial charge on any atom is 0.0468 e. The number of benzene rings is 1. The van der Waals surface area contributed by atoms with Gasteiger partial charge >= 0.3 is 0 Å². The van der Waals surface area contributed by atoms with Crippen molar-refractivity contribution >= 4 is 0 Å². The summed E-state index contributed by atoms with van der Waals surface area (Å²) < 4.78 is 0. The van der Waals surface area contributed by atoms with Crippen molar-refractivity contribution in [1.29, 1.82) is 0 Å². The second kappa shape index (κ2) is 5.65. The summed E-state index contributed by atoms with van der Waals surface area (Å²) in [7, 11) is 0. The topological polar surface area (TPSA) is 32.3 Å². The molecular weight excluding hydrogens is 210 g/mol. The van der Waals surface area contributed by atoms with Crippen LogP contribution in [0.1, 0.15) is 36.8 Å². The molecule has 0 bridgehead atoms. The predicted molar refractivity (Wildman–Crippen MR) is 71.2 cm³/mol. The minimum Gasteiger partial charge on any atom is -0.396 e. The van der Waals surface area contributed by atoms with E-state index >= 15 is 0 Å². The van der Waals surface area contributed by atoms with Crippen molar-refractivity contribution in [2.45, 2.75) is 38.6 Å². The summed E-state index contributed by atoms with van der Waals surface area (Å²) in [4.78, 5) is 0. The molecule has 0 amide bonds. The molecule has 1 unspecified atom stereocenters. The maximum atomic E-state index is 8.96. The highest BCUT2D eigenvalue weighted by molar-refractivity contribution is 5.27. The molecule has 1 aliphatic carbocycles. The summed E-state index contributed by atoms with van der Waals surface area (Å²) in [6.45, 7) is 5.44. The molecule has 1 fully saturated rings. The highest BCUT2D eigenvalue weighted by Gasteiger charge is 2.29. The fourth-order valence-electron chi connectivity index (χ4n) is 2.41. The van der Waals surface area contributed by atoms with E-state index in [1.165, 1.54) is 24.0 Å². The van der Waals surface area contributed by atoms with Crippen LogP contribution in [0.2, 0.25) is 0 Å². The van der Waals surface area contributed by atoms with E-state index in [0.29, 0.717) is 12.0 Å². The predicted octanol–water partition coefficient (Wildman–Crippen LogP) is 2.46. The van der Waals surface area contributed by atoms with Crippen molar-refractivity contribution in [3.05, 3.63) is 35.4 Å². The van der Waals surface area contributed by atoms with Crippen molar-refractivity contribution in [1.82, 2.24) is 5.32 Å². The number of hydrogen-bond acceptors (Lipinski definition) is 2. The Morgan fingerprint density at radius 1 is 1.41 bits per heavy atom. The van der Waals surface area contributed by atoms with Crippen molar-refractivity contribution in [3.8, 4) is 0 Å². The van der Waals surface area contributed by atoms with Gasteiger partial charge in [-0.1, -0.05) is 36.8 Å². The third-order valence-electron chi connectivity index (χ3n) is 3.72. The SMILES string of the molecule is Cc1cccc(C2CC(NCC(C)CO)C2)c1. The highest BCUT2D eigenvalue weighted by Crippen LogP contribution is 2.37. The van der Waals surface area contributed by atoms with Gasteiger partial charge in [0.2, 0.25) is 0 Å². The van der Waals surface area contributed by atoms with Crippen molar-refractivity contribution in [3.63, 3.8) is 0 Å². The third-order valence-corrected chi connectivity index (χ3v) is 3.72. The average molecular weight is 233 g/mol. The average Bonchev–Trinajstić information content (AvgIpc) is 2.26. The molecule has 1 aliphatic rings. The van der Waals surface area contributed by atoms with Gasteiger partial charge in [0.05, 0.1) is 0 Å². The zero-order valence-electron chi connectivity index (χ0n) is 10.8. The summed E-state index contributed by atoms with van der Waals surface area (Å²) in [5.74, 6) is 1.10. The fourth-order valence-corrected chi connectivity index (χ4v) is 2.41. The standard InChI is InChI=1S/C15H23NO/c1-11-4-3-5-13(6-11)14-7-15(8-14)16-9-12(2)10-17/h3-6,12,14-17H,7-10H2,1-2H3. The molecule has 1 aromatic carbocycles. The fraction of sp³-hybridized carbons (Fsp3) is 0.600. The second-order valence-corrected chi connectivity index (χ2v) is 5.48. The molecule has 17 heavy (non-hydrogen) atoms. The first kappa shape index (κ1) is 12.6. The van der Waals surface area contributed by atoms with Gasteiger partial charge in [-0.25, -0.2) is 0 Å². The number of aliphatic hydroxyl groups excluding tert-OH is 1. The minimum absolute atomic E-state index is 0.279. The summed E-state index contributed by atoms with van der Waals surface area (Å²) in [6, 6.07) is 9.50. The summed E-state index contributed by atoms with van der Waals surface area (Å²) in [5, 5.41) is 12.5. The molecule has 2 nitrogen and oxygen atoms in total. The lowest BCUT2D eigenvalue weighted by Gasteiger charge is -2.37. The van der Waals surface area contributed by atoms with Crippen LogP contribution < -0.4 is 5.32 Å². The van der Waals surface area contributed by atoms with Crippen LogP contribution in [0, 0.1) is 12.8 Å². The zero-order chi connectivity index (χ0) is 12.3. The molecule has 0 radical (unpaired) electrons. The Morgan fingerprint density at radius 2 is 2.18 bits per heavy atom. The van der Waals surface area contributed by atoms with Gasteiger partial charge in [0, 0.05) is 19.2 Å². The Labute approximate surface area is 104 Å². The molecular formula is C15H23NO. The van der Waals surface area contributed by atoms with Crippen LogP contribution in [0.25, 0.3) is 0 Å². The monoisotopic (exact) mass is 233 g/mol.